The number of nitrogens with one attached hydrogen (secondary N) is 1. The number of pyridine rings is 1. The average Bonchev–Trinajstić information content (AvgIpc) is 3.22. The minimum atomic E-state index is -3.87. The van der Waals surface area contributed by atoms with E-state index in [1.807, 2.05) is 25.7 Å². The number of fused-ring (bicyclic) bond motifs is 1. The van der Waals surface area contributed by atoms with E-state index in [1.54, 1.807) is 15.4 Å². The first kappa shape index (κ1) is 25.0. The standard InChI is InChI=1S/C22H27F2N7O3S2/c1-13(2)21(32)30-8-6-29(7-9-30)15-10-14(36(33,34)28-22(3)4-5-22)12-31-16(11-25-18(15)31)19-26-27-20(35-19)17(23)24/h10-13,17,28H,4-9H2,1-3H3. The van der Waals surface area contributed by atoms with Crippen molar-refractivity contribution in [3.05, 3.63) is 23.5 Å². The smallest absolute Gasteiger partial charge is 0.291 e. The minimum Gasteiger partial charge on any atom is -0.365 e. The van der Waals surface area contributed by atoms with E-state index in [4.69, 9.17) is 0 Å². The molecule has 3 aromatic heterocycles. The maximum atomic E-state index is 13.3. The van der Waals surface area contributed by atoms with Crippen LogP contribution in [0.4, 0.5) is 14.5 Å². The SMILES string of the molecule is CC(C)C(=O)N1CCN(c2cc(S(=O)(=O)NC3(C)CC3)cn3c(-c4nnc(C(F)F)s4)cnc23)CC1. The first-order chi connectivity index (χ1) is 17.0. The number of alkyl halides is 2. The molecule has 1 amide bonds. The van der Waals surface area contributed by atoms with Crippen LogP contribution in [0.1, 0.15) is 45.0 Å². The largest absolute Gasteiger partial charge is 0.365 e. The van der Waals surface area contributed by atoms with E-state index in [-0.39, 0.29) is 21.7 Å². The molecule has 36 heavy (non-hydrogen) atoms. The number of hydrogen-bond acceptors (Lipinski definition) is 8. The molecular weight excluding hydrogens is 512 g/mol. The van der Waals surface area contributed by atoms with Gasteiger partial charge in [0.1, 0.15) is 10.6 Å². The van der Waals surface area contributed by atoms with Gasteiger partial charge in [0, 0.05) is 43.8 Å². The van der Waals surface area contributed by atoms with Crippen molar-refractivity contribution in [2.75, 3.05) is 31.1 Å². The predicted molar refractivity (Wildman–Crippen MR) is 131 cm³/mol. The van der Waals surface area contributed by atoms with Crippen LogP contribution < -0.4 is 9.62 Å². The molecule has 5 rings (SSSR count). The summed E-state index contributed by atoms with van der Waals surface area (Å²) in [6, 6.07) is 1.59. The van der Waals surface area contributed by atoms with E-state index in [1.165, 1.54) is 12.4 Å². The Morgan fingerprint density at radius 2 is 1.86 bits per heavy atom. The molecule has 2 fully saturated rings. The molecule has 1 N–H and O–H groups in total. The molecule has 0 spiro atoms. The first-order valence-corrected chi connectivity index (χ1v) is 14.0. The molecule has 1 aliphatic carbocycles. The van der Waals surface area contributed by atoms with Crippen molar-refractivity contribution in [3.63, 3.8) is 0 Å². The lowest BCUT2D eigenvalue weighted by atomic mass is 10.1. The number of halogens is 2. The number of amides is 1. The molecule has 4 heterocycles. The zero-order valence-corrected chi connectivity index (χ0v) is 21.7. The van der Waals surface area contributed by atoms with Crippen molar-refractivity contribution in [1.29, 1.82) is 0 Å². The second-order valence-electron chi connectivity index (χ2n) is 9.78. The number of rotatable bonds is 7. The van der Waals surface area contributed by atoms with Gasteiger partial charge in [-0.05, 0) is 25.8 Å². The minimum absolute atomic E-state index is 0.0386. The van der Waals surface area contributed by atoms with Crippen LogP contribution in [0.3, 0.4) is 0 Å². The summed E-state index contributed by atoms with van der Waals surface area (Å²) in [7, 11) is -3.87. The molecule has 194 valence electrons. The second-order valence-corrected chi connectivity index (χ2v) is 12.5. The number of carbonyl (C=O) groups excluding carboxylic acids is 1. The lowest BCUT2D eigenvalue weighted by Crippen LogP contribution is -2.50. The fraction of sp³-hybridized carbons (Fsp3) is 0.545. The highest BCUT2D eigenvalue weighted by molar-refractivity contribution is 7.89. The Bertz CT molecular complexity index is 1410. The van der Waals surface area contributed by atoms with E-state index in [0.29, 0.717) is 43.2 Å². The van der Waals surface area contributed by atoms with Gasteiger partial charge in [0.2, 0.25) is 15.9 Å². The van der Waals surface area contributed by atoms with Gasteiger partial charge in [-0.1, -0.05) is 25.2 Å². The topological polar surface area (TPSA) is 113 Å². The van der Waals surface area contributed by atoms with E-state index in [0.717, 1.165) is 24.2 Å². The number of piperazine rings is 1. The van der Waals surface area contributed by atoms with E-state index in [9.17, 15) is 22.0 Å². The third kappa shape index (κ3) is 4.68. The number of anilines is 1. The molecule has 10 nitrogen and oxygen atoms in total. The van der Waals surface area contributed by atoms with Gasteiger partial charge in [0.15, 0.2) is 15.7 Å². The van der Waals surface area contributed by atoms with Crippen LogP contribution in [0.2, 0.25) is 0 Å². The van der Waals surface area contributed by atoms with Gasteiger partial charge in [-0.3, -0.25) is 9.20 Å². The Labute approximate surface area is 211 Å². The van der Waals surface area contributed by atoms with Crippen LogP contribution in [0.25, 0.3) is 16.3 Å². The number of hydrogen-bond donors (Lipinski definition) is 1. The van der Waals surface area contributed by atoms with Gasteiger partial charge in [0.25, 0.3) is 6.43 Å². The van der Waals surface area contributed by atoms with Gasteiger partial charge in [0.05, 0.1) is 11.9 Å². The van der Waals surface area contributed by atoms with E-state index >= 15 is 0 Å². The fourth-order valence-electron chi connectivity index (χ4n) is 4.21. The number of imidazole rings is 1. The van der Waals surface area contributed by atoms with Crippen LogP contribution >= 0.6 is 11.3 Å². The summed E-state index contributed by atoms with van der Waals surface area (Å²) < 4.78 is 57.2. The van der Waals surface area contributed by atoms with Crippen molar-refractivity contribution in [1.82, 2.24) is 29.2 Å². The predicted octanol–water partition coefficient (Wildman–Crippen LogP) is 2.93. The summed E-state index contributed by atoms with van der Waals surface area (Å²) in [5.41, 5.74) is 0.957. The lowest BCUT2D eigenvalue weighted by molar-refractivity contribution is -0.134. The van der Waals surface area contributed by atoms with Crippen molar-refractivity contribution < 1.29 is 22.0 Å². The average molecular weight is 540 g/mol. The van der Waals surface area contributed by atoms with Crippen molar-refractivity contribution in [2.45, 2.75) is 50.5 Å². The Kier molecular flexibility index (Phi) is 6.24. The molecule has 0 bridgehead atoms. The number of nitrogens with zero attached hydrogens (tertiary/aromatic N) is 6. The zero-order chi connectivity index (χ0) is 25.8. The molecule has 1 saturated heterocycles. The Morgan fingerprint density at radius 1 is 1.17 bits per heavy atom. The van der Waals surface area contributed by atoms with Crippen LogP contribution in [0.5, 0.6) is 0 Å². The van der Waals surface area contributed by atoms with Crippen molar-refractivity contribution >= 4 is 38.6 Å². The summed E-state index contributed by atoms with van der Waals surface area (Å²) >= 11 is 0.739. The fourth-order valence-corrected chi connectivity index (χ4v) is 6.40. The van der Waals surface area contributed by atoms with Crippen molar-refractivity contribution in [2.24, 2.45) is 5.92 Å². The third-order valence-corrected chi connectivity index (χ3v) is 9.08. The lowest BCUT2D eigenvalue weighted by Gasteiger charge is -2.37. The summed E-state index contributed by atoms with van der Waals surface area (Å²) in [5.74, 6) is -0.0290. The quantitative estimate of drug-likeness (QED) is 0.491. The molecule has 3 aromatic rings. The summed E-state index contributed by atoms with van der Waals surface area (Å²) in [4.78, 5) is 20.8. The molecule has 2 aliphatic rings. The van der Waals surface area contributed by atoms with Gasteiger partial charge in [-0.15, -0.1) is 10.2 Å². The van der Waals surface area contributed by atoms with Crippen LogP contribution in [0, 0.1) is 5.92 Å². The second kappa shape index (κ2) is 8.99. The van der Waals surface area contributed by atoms with Gasteiger partial charge < -0.3 is 9.80 Å². The van der Waals surface area contributed by atoms with Gasteiger partial charge in [-0.25, -0.2) is 26.9 Å². The molecule has 1 aliphatic heterocycles. The van der Waals surface area contributed by atoms with E-state index < -0.39 is 27.0 Å². The van der Waals surface area contributed by atoms with Crippen LogP contribution in [-0.2, 0) is 14.8 Å². The van der Waals surface area contributed by atoms with Gasteiger partial charge in [-0.2, -0.15) is 0 Å². The molecule has 0 radical (unpaired) electrons. The molecule has 14 heteroatoms. The number of aromatic nitrogens is 4. The highest BCUT2D eigenvalue weighted by Crippen LogP contribution is 2.37. The molecule has 0 aromatic carbocycles. The summed E-state index contributed by atoms with van der Waals surface area (Å²) in [5, 5.41) is 7.24. The van der Waals surface area contributed by atoms with Crippen LogP contribution in [-0.4, -0.2) is 70.5 Å². The van der Waals surface area contributed by atoms with Crippen LogP contribution in [0.15, 0.2) is 23.4 Å². The highest BCUT2D eigenvalue weighted by atomic mass is 32.2. The monoisotopic (exact) mass is 539 g/mol. The Balaban J connectivity index is 1.57. The first-order valence-electron chi connectivity index (χ1n) is 11.7. The molecule has 1 saturated carbocycles. The Hall–Kier alpha value is -2.71. The third-order valence-electron chi connectivity index (χ3n) is 6.52. The number of sulfonamides is 1. The molecule has 0 atom stereocenters. The maximum absolute atomic E-state index is 13.3. The summed E-state index contributed by atoms with van der Waals surface area (Å²) in [6.45, 7) is 7.57. The normalized spacial score (nSPS) is 18.0. The van der Waals surface area contributed by atoms with Gasteiger partial charge >= 0.3 is 0 Å². The number of carbonyl (C=O) groups is 1. The maximum Gasteiger partial charge on any atom is 0.291 e. The van der Waals surface area contributed by atoms with E-state index in [2.05, 4.69) is 19.9 Å². The Morgan fingerprint density at radius 3 is 2.44 bits per heavy atom. The zero-order valence-electron chi connectivity index (χ0n) is 20.1. The van der Waals surface area contributed by atoms with Crippen molar-refractivity contribution in [3.8, 4) is 10.7 Å². The molecular formula is C22H27F2N7O3S2. The molecule has 0 unspecified atom stereocenters. The summed E-state index contributed by atoms with van der Waals surface area (Å²) in [6.07, 6.45) is 1.68. The highest BCUT2D eigenvalue weighted by Gasteiger charge is 2.41.